The summed E-state index contributed by atoms with van der Waals surface area (Å²) < 4.78 is 16.4. The lowest BCUT2D eigenvalue weighted by atomic mass is 10.1. The van der Waals surface area contributed by atoms with Crippen molar-refractivity contribution in [2.24, 2.45) is 4.99 Å². The van der Waals surface area contributed by atoms with Crippen LogP contribution in [0.15, 0.2) is 27.7 Å². The summed E-state index contributed by atoms with van der Waals surface area (Å²) in [5.74, 6) is 3.57. The van der Waals surface area contributed by atoms with Crippen LogP contribution in [0, 0.1) is 6.92 Å². The molecule has 0 unspecified atom stereocenters. The van der Waals surface area contributed by atoms with Crippen molar-refractivity contribution in [3.63, 3.8) is 0 Å². The van der Waals surface area contributed by atoms with Gasteiger partial charge >= 0.3 is 0 Å². The Morgan fingerprint density at radius 3 is 2.41 bits per heavy atom. The quantitative estimate of drug-likeness (QED) is 0.485. The van der Waals surface area contributed by atoms with Crippen molar-refractivity contribution in [2.45, 2.75) is 33.6 Å². The molecule has 0 fully saturated rings. The molecule has 0 aliphatic rings. The summed E-state index contributed by atoms with van der Waals surface area (Å²) in [5.41, 5.74) is 1.17. The smallest absolute Gasteiger partial charge is 0.228 e. The molecule has 2 aromatic rings. The number of aliphatic imine (C=N–C) groups is 1. The van der Waals surface area contributed by atoms with Gasteiger partial charge in [0.1, 0.15) is 0 Å². The molecule has 0 radical (unpaired) electrons. The predicted molar refractivity (Wildman–Crippen MR) is 105 cm³/mol. The molecule has 0 amide bonds. The van der Waals surface area contributed by atoms with Crippen LogP contribution in [0.25, 0.3) is 0 Å². The first kappa shape index (κ1) is 20.5. The van der Waals surface area contributed by atoms with Crippen molar-refractivity contribution in [1.29, 1.82) is 0 Å². The van der Waals surface area contributed by atoms with Gasteiger partial charge in [-0.05, 0) is 44.9 Å². The molecule has 2 rings (SSSR count). The van der Waals surface area contributed by atoms with E-state index in [-0.39, 0.29) is 0 Å². The van der Waals surface area contributed by atoms with Crippen molar-refractivity contribution in [2.75, 3.05) is 33.4 Å². The second kappa shape index (κ2) is 11.1. The average Bonchev–Trinajstić information content (AvgIpc) is 3.08. The molecule has 8 nitrogen and oxygen atoms in total. The van der Waals surface area contributed by atoms with E-state index in [2.05, 4.69) is 31.8 Å². The monoisotopic (exact) mass is 375 g/mol. The van der Waals surface area contributed by atoms with Crippen LogP contribution in [0.4, 0.5) is 0 Å². The second-order valence-corrected chi connectivity index (χ2v) is 5.81. The van der Waals surface area contributed by atoms with Gasteiger partial charge in [-0.2, -0.15) is 4.98 Å². The van der Waals surface area contributed by atoms with Gasteiger partial charge < -0.3 is 24.6 Å². The fourth-order valence-corrected chi connectivity index (χ4v) is 2.53. The molecule has 0 saturated heterocycles. The number of hydrogen-bond donors (Lipinski definition) is 2. The standard InChI is InChI=1S/C19H29N5O3/c1-5-25-16-8-7-15(13-17(16)26-6-2)9-11-21-19(20-4)22-12-10-18-23-14(3)24-27-18/h7-8,13H,5-6,9-12H2,1-4H3,(H2,20,21,22). The van der Waals surface area contributed by atoms with Crippen LogP contribution < -0.4 is 20.1 Å². The molecule has 0 atom stereocenters. The molecular weight excluding hydrogens is 346 g/mol. The van der Waals surface area contributed by atoms with E-state index in [4.69, 9.17) is 14.0 Å². The molecule has 1 aromatic carbocycles. The van der Waals surface area contributed by atoms with Crippen LogP contribution in [-0.4, -0.2) is 49.5 Å². The third-order valence-electron chi connectivity index (χ3n) is 3.74. The summed E-state index contributed by atoms with van der Waals surface area (Å²) >= 11 is 0. The molecule has 2 N–H and O–H groups in total. The lowest BCUT2D eigenvalue weighted by Gasteiger charge is -2.14. The molecule has 0 spiro atoms. The molecule has 27 heavy (non-hydrogen) atoms. The first-order chi connectivity index (χ1) is 13.2. The number of aryl methyl sites for hydroxylation is 1. The van der Waals surface area contributed by atoms with Crippen LogP contribution in [0.1, 0.15) is 31.1 Å². The van der Waals surface area contributed by atoms with E-state index >= 15 is 0 Å². The molecule has 0 bridgehead atoms. The summed E-state index contributed by atoms with van der Waals surface area (Å²) in [5, 5.41) is 10.3. The van der Waals surface area contributed by atoms with E-state index in [0.717, 1.165) is 30.4 Å². The molecule has 0 aliphatic carbocycles. The Morgan fingerprint density at radius 1 is 1.07 bits per heavy atom. The molecule has 0 aliphatic heterocycles. The van der Waals surface area contributed by atoms with E-state index in [0.29, 0.717) is 37.9 Å². The number of nitrogens with one attached hydrogen (secondary N) is 2. The minimum Gasteiger partial charge on any atom is -0.490 e. The van der Waals surface area contributed by atoms with E-state index < -0.39 is 0 Å². The third kappa shape index (κ3) is 6.80. The summed E-state index contributed by atoms with van der Waals surface area (Å²) in [6.45, 7) is 8.38. The van der Waals surface area contributed by atoms with Gasteiger partial charge in [-0.25, -0.2) is 0 Å². The van der Waals surface area contributed by atoms with Crippen molar-refractivity contribution in [3.8, 4) is 11.5 Å². The highest BCUT2D eigenvalue weighted by Crippen LogP contribution is 2.28. The van der Waals surface area contributed by atoms with Crippen LogP contribution in [-0.2, 0) is 12.8 Å². The predicted octanol–water partition coefficient (Wildman–Crippen LogP) is 2.13. The minimum absolute atomic E-state index is 0.609. The Bertz CT molecular complexity index is 730. The lowest BCUT2D eigenvalue weighted by molar-refractivity contribution is 0.287. The Balaban J connectivity index is 1.78. The molecule has 0 saturated carbocycles. The third-order valence-corrected chi connectivity index (χ3v) is 3.74. The molecule has 8 heteroatoms. The summed E-state index contributed by atoms with van der Waals surface area (Å²) in [7, 11) is 1.75. The molecular formula is C19H29N5O3. The molecule has 148 valence electrons. The highest BCUT2D eigenvalue weighted by Gasteiger charge is 2.07. The Morgan fingerprint density at radius 2 is 1.78 bits per heavy atom. The van der Waals surface area contributed by atoms with Gasteiger partial charge in [0.2, 0.25) is 5.89 Å². The van der Waals surface area contributed by atoms with Gasteiger partial charge in [-0.3, -0.25) is 4.99 Å². The van der Waals surface area contributed by atoms with Crippen LogP contribution in [0.5, 0.6) is 11.5 Å². The number of rotatable bonds is 10. The highest BCUT2D eigenvalue weighted by atomic mass is 16.5. The SMILES string of the molecule is CCOc1ccc(CCNC(=NC)NCCc2nc(C)no2)cc1OCC. The fraction of sp³-hybridized carbons (Fsp3) is 0.526. The minimum atomic E-state index is 0.609. The number of benzene rings is 1. The van der Waals surface area contributed by atoms with Gasteiger partial charge in [0.15, 0.2) is 23.3 Å². The zero-order valence-corrected chi connectivity index (χ0v) is 16.5. The largest absolute Gasteiger partial charge is 0.490 e. The van der Waals surface area contributed by atoms with Gasteiger partial charge in [0.25, 0.3) is 0 Å². The maximum Gasteiger partial charge on any atom is 0.228 e. The zero-order valence-electron chi connectivity index (χ0n) is 16.5. The van der Waals surface area contributed by atoms with E-state index in [1.807, 2.05) is 26.0 Å². The van der Waals surface area contributed by atoms with Crippen LogP contribution in [0.2, 0.25) is 0 Å². The lowest BCUT2D eigenvalue weighted by Crippen LogP contribution is -2.39. The van der Waals surface area contributed by atoms with Gasteiger partial charge in [-0.1, -0.05) is 11.2 Å². The number of nitrogens with zero attached hydrogens (tertiary/aromatic N) is 3. The maximum absolute atomic E-state index is 5.67. The number of guanidine groups is 1. The van der Waals surface area contributed by atoms with Gasteiger partial charge in [0, 0.05) is 26.6 Å². The first-order valence-electron chi connectivity index (χ1n) is 9.28. The summed E-state index contributed by atoms with van der Waals surface area (Å²) in [4.78, 5) is 8.40. The number of hydrogen-bond acceptors (Lipinski definition) is 6. The molecule has 1 aromatic heterocycles. The Labute approximate surface area is 160 Å². The molecule has 1 heterocycles. The van der Waals surface area contributed by atoms with Crippen molar-refractivity contribution >= 4 is 5.96 Å². The highest BCUT2D eigenvalue weighted by molar-refractivity contribution is 5.79. The first-order valence-corrected chi connectivity index (χ1v) is 9.28. The summed E-state index contributed by atoms with van der Waals surface area (Å²) in [6, 6.07) is 6.05. The Kier molecular flexibility index (Phi) is 8.41. The normalized spacial score (nSPS) is 11.3. The van der Waals surface area contributed by atoms with Gasteiger partial charge in [0.05, 0.1) is 13.2 Å². The van der Waals surface area contributed by atoms with Crippen LogP contribution in [0.3, 0.4) is 0 Å². The van der Waals surface area contributed by atoms with E-state index in [9.17, 15) is 0 Å². The average molecular weight is 375 g/mol. The van der Waals surface area contributed by atoms with Crippen molar-refractivity contribution in [3.05, 3.63) is 35.5 Å². The van der Waals surface area contributed by atoms with Crippen molar-refractivity contribution in [1.82, 2.24) is 20.8 Å². The van der Waals surface area contributed by atoms with Gasteiger partial charge in [-0.15, -0.1) is 0 Å². The van der Waals surface area contributed by atoms with Crippen molar-refractivity contribution < 1.29 is 14.0 Å². The van der Waals surface area contributed by atoms with E-state index in [1.165, 1.54) is 5.56 Å². The zero-order chi connectivity index (χ0) is 19.5. The number of aromatic nitrogens is 2. The van der Waals surface area contributed by atoms with Crippen LogP contribution >= 0.6 is 0 Å². The van der Waals surface area contributed by atoms with E-state index in [1.54, 1.807) is 14.0 Å². The second-order valence-electron chi connectivity index (χ2n) is 5.81. The topological polar surface area (TPSA) is 93.8 Å². The summed E-state index contributed by atoms with van der Waals surface area (Å²) in [6.07, 6.45) is 1.49. The number of ether oxygens (including phenoxy) is 2. The Hall–Kier alpha value is -2.77. The maximum atomic E-state index is 5.67. The fourth-order valence-electron chi connectivity index (χ4n) is 2.53.